The van der Waals surface area contributed by atoms with Gasteiger partial charge in [-0.1, -0.05) is 51.5 Å². The Balaban J connectivity index is 1.47. The van der Waals surface area contributed by atoms with Crippen molar-refractivity contribution in [1.29, 1.82) is 0 Å². The molecule has 1 N–H and O–H groups in total. The standard InChI is InChI=1S/C29H32N2O3S/c1-4-5-17-34-26-15-11-22(12-16-26)28(33)30-24-8-6-7-23(18-24)29-31(27(32)19-35-29)25-13-9-21(10-14-25)20(2)3/h6-16,18,20,29H,4-5,17,19H2,1-3H3,(H,30,33)/t29-/m0/s1. The summed E-state index contributed by atoms with van der Waals surface area (Å²) < 4.78 is 5.68. The molecule has 1 heterocycles. The van der Waals surface area contributed by atoms with Crippen LogP contribution >= 0.6 is 11.8 Å². The number of benzene rings is 3. The second-order valence-corrected chi connectivity index (χ2v) is 10.0. The van der Waals surface area contributed by atoms with Crippen molar-refractivity contribution in [3.63, 3.8) is 0 Å². The number of thioether (sulfide) groups is 1. The number of ether oxygens (including phenoxy) is 1. The molecule has 182 valence electrons. The molecule has 2 amide bonds. The van der Waals surface area contributed by atoms with Crippen LogP contribution in [0.4, 0.5) is 11.4 Å². The van der Waals surface area contributed by atoms with Gasteiger partial charge in [0.05, 0.1) is 12.4 Å². The van der Waals surface area contributed by atoms with Crippen LogP contribution in [0.15, 0.2) is 72.8 Å². The summed E-state index contributed by atoms with van der Waals surface area (Å²) in [5.41, 5.74) is 4.38. The van der Waals surface area contributed by atoms with Crippen molar-refractivity contribution >= 4 is 35.0 Å². The van der Waals surface area contributed by atoms with Crippen LogP contribution in [0.5, 0.6) is 5.75 Å². The Hall–Kier alpha value is -3.25. The van der Waals surface area contributed by atoms with Crippen molar-refractivity contribution < 1.29 is 14.3 Å². The lowest BCUT2D eigenvalue weighted by molar-refractivity contribution is -0.115. The van der Waals surface area contributed by atoms with Crippen LogP contribution in [-0.2, 0) is 4.79 Å². The Kier molecular flexibility index (Phi) is 8.13. The van der Waals surface area contributed by atoms with E-state index in [1.165, 1.54) is 5.56 Å². The number of amides is 2. The second-order valence-electron chi connectivity index (χ2n) is 8.98. The predicted molar refractivity (Wildman–Crippen MR) is 144 cm³/mol. The van der Waals surface area contributed by atoms with Gasteiger partial charge < -0.3 is 10.1 Å². The first-order valence-electron chi connectivity index (χ1n) is 12.1. The zero-order valence-corrected chi connectivity index (χ0v) is 21.3. The van der Waals surface area contributed by atoms with Crippen LogP contribution in [0.1, 0.15) is 66.4 Å². The molecule has 0 bridgehead atoms. The van der Waals surface area contributed by atoms with Gasteiger partial charge in [-0.3, -0.25) is 14.5 Å². The lowest BCUT2D eigenvalue weighted by atomic mass is 10.0. The van der Waals surface area contributed by atoms with E-state index in [1.54, 1.807) is 23.9 Å². The summed E-state index contributed by atoms with van der Waals surface area (Å²) in [6, 6.07) is 23.1. The summed E-state index contributed by atoms with van der Waals surface area (Å²) in [5.74, 6) is 1.54. The van der Waals surface area contributed by atoms with E-state index in [2.05, 4.69) is 38.2 Å². The average Bonchev–Trinajstić information content (AvgIpc) is 3.26. The highest BCUT2D eigenvalue weighted by Crippen LogP contribution is 2.42. The molecule has 5 nitrogen and oxygen atoms in total. The van der Waals surface area contributed by atoms with Crippen LogP contribution < -0.4 is 15.0 Å². The number of nitrogens with one attached hydrogen (secondary N) is 1. The lowest BCUT2D eigenvalue weighted by Crippen LogP contribution is -2.27. The van der Waals surface area contributed by atoms with Gasteiger partial charge in [0, 0.05) is 16.9 Å². The second kappa shape index (κ2) is 11.5. The first-order chi connectivity index (χ1) is 17.0. The van der Waals surface area contributed by atoms with E-state index in [9.17, 15) is 9.59 Å². The van der Waals surface area contributed by atoms with Crippen molar-refractivity contribution in [2.75, 3.05) is 22.6 Å². The van der Waals surface area contributed by atoms with Gasteiger partial charge in [0.2, 0.25) is 5.91 Å². The smallest absolute Gasteiger partial charge is 0.255 e. The van der Waals surface area contributed by atoms with Crippen molar-refractivity contribution in [2.24, 2.45) is 0 Å². The number of anilines is 2. The minimum absolute atomic E-state index is 0.0907. The molecule has 0 saturated carbocycles. The highest BCUT2D eigenvalue weighted by molar-refractivity contribution is 8.00. The summed E-state index contributed by atoms with van der Waals surface area (Å²) in [5, 5.41) is 2.85. The molecule has 0 aromatic heterocycles. The van der Waals surface area contributed by atoms with Crippen molar-refractivity contribution in [3.8, 4) is 5.75 Å². The molecular formula is C29H32N2O3S. The van der Waals surface area contributed by atoms with Crippen LogP contribution in [-0.4, -0.2) is 24.2 Å². The van der Waals surface area contributed by atoms with E-state index in [0.29, 0.717) is 29.5 Å². The van der Waals surface area contributed by atoms with Crippen molar-refractivity contribution in [2.45, 2.75) is 44.9 Å². The fourth-order valence-corrected chi connectivity index (χ4v) is 5.15. The molecular weight excluding hydrogens is 456 g/mol. The minimum Gasteiger partial charge on any atom is -0.494 e. The van der Waals surface area contributed by atoms with Gasteiger partial charge in [0.25, 0.3) is 5.91 Å². The van der Waals surface area contributed by atoms with Crippen LogP contribution in [0, 0.1) is 0 Å². The molecule has 0 radical (unpaired) electrons. The van der Waals surface area contributed by atoms with E-state index < -0.39 is 0 Å². The van der Waals surface area contributed by atoms with E-state index in [1.807, 2.05) is 53.4 Å². The molecule has 0 unspecified atom stereocenters. The molecule has 1 aliphatic heterocycles. The van der Waals surface area contributed by atoms with E-state index in [-0.39, 0.29) is 17.2 Å². The number of nitrogens with zero attached hydrogens (tertiary/aromatic N) is 1. The van der Waals surface area contributed by atoms with Gasteiger partial charge in [-0.15, -0.1) is 11.8 Å². The van der Waals surface area contributed by atoms with Gasteiger partial charge in [-0.2, -0.15) is 0 Å². The maximum absolute atomic E-state index is 12.8. The number of carbonyl (C=O) groups excluding carboxylic acids is 2. The molecule has 0 spiro atoms. The molecule has 6 heteroatoms. The molecule has 3 aromatic rings. The van der Waals surface area contributed by atoms with Crippen LogP contribution in [0.25, 0.3) is 0 Å². The molecule has 1 fully saturated rings. The number of hydrogen-bond acceptors (Lipinski definition) is 4. The minimum atomic E-state index is -0.182. The topological polar surface area (TPSA) is 58.6 Å². The van der Waals surface area contributed by atoms with Gasteiger partial charge in [0.15, 0.2) is 0 Å². The molecule has 4 rings (SSSR count). The van der Waals surface area contributed by atoms with Gasteiger partial charge in [0.1, 0.15) is 11.1 Å². The molecule has 1 aliphatic rings. The van der Waals surface area contributed by atoms with E-state index in [0.717, 1.165) is 29.8 Å². The predicted octanol–water partition coefficient (Wildman–Crippen LogP) is 7.02. The average molecular weight is 489 g/mol. The third-order valence-electron chi connectivity index (χ3n) is 6.02. The molecule has 1 atom stereocenters. The maximum atomic E-state index is 12.8. The summed E-state index contributed by atoms with van der Waals surface area (Å²) in [4.78, 5) is 27.4. The Morgan fingerprint density at radius 3 is 2.51 bits per heavy atom. The normalized spacial score (nSPS) is 15.5. The monoisotopic (exact) mass is 488 g/mol. The zero-order chi connectivity index (χ0) is 24.8. The highest BCUT2D eigenvalue weighted by atomic mass is 32.2. The van der Waals surface area contributed by atoms with Crippen LogP contribution in [0.2, 0.25) is 0 Å². The molecule has 1 saturated heterocycles. The fraction of sp³-hybridized carbons (Fsp3) is 0.310. The Bertz CT molecular complexity index is 1160. The third-order valence-corrected chi connectivity index (χ3v) is 7.23. The van der Waals surface area contributed by atoms with Crippen LogP contribution in [0.3, 0.4) is 0 Å². The molecule has 3 aromatic carbocycles. The Morgan fingerprint density at radius 1 is 1.09 bits per heavy atom. The number of rotatable bonds is 9. The Labute approximate surface area is 211 Å². The van der Waals surface area contributed by atoms with E-state index >= 15 is 0 Å². The third kappa shape index (κ3) is 6.06. The molecule has 0 aliphatic carbocycles. The first-order valence-corrected chi connectivity index (χ1v) is 13.2. The van der Waals surface area contributed by atoms with Crippen molar-refractivity contribution in [1.82, 2.24) is 0 Å². The number of carbonyl (C=O) groups is 2. The summed E-state index contributed by atoms with van der Waals surface area (Å²) in [7, 11) is 0. The largest absolute Gasteiger partial charge is 0.494 e. The molecule has 35 heavy (non-hydrogen) atoms. The van der Waals surface area contributed by atoms with Crippen molar-refractivity contribution in [3.05, 3.63) is 89.5 Å². The number of hydrogen-bond donors (Lipinski definition) is 1. The lowest BCUT2D eigenvalue weighted by Gasteiger charge is -2.25. The van der Waals surface area contributed by atoms with Gasteiger partial charge in [-0.25, -0.2) is 0 Å². The summed E-state index contributed by atoms with van der Waals surface area (Å²) >= 11 is 1.60. The fourth-order valence-electron chi connectivity index (χ4n) is 3.98. The summed E-state index contributed by atoms with van der Waals surface area (Å²) in [6.07, 6.45) is 2.08. The quantitative estimate of drug-likeness (QED) is 0.329. The van der Waals surface area contributed by atoms with Gasteiger partial charge in [-0.05, 0) is 72.0 Å². The number of unbranched alkanes of at least 4 members (excludes halogenated alkanes) is 1. The zero-order valence-electron chi connectivity index (χ0n) is 20.5. The Morgan fingerprint density at radius 2 is 1.83 bits per heavy atom. The van der Waals surface area contributed by atoms with E-state index in [4.69, 9.17) is 4.74 Å². The first kappa shape index (κ1) is 24.9. The van der Waals surface area contributed by atoms with Gasteiger partial charge >= 0.3 is 0 Å². The summed E-state index contributed by atoms with van der Waals surface area (Å²) in [6.45, 7) is 7.11. The maximum Gasteiger partial charge on any atom is 0.255 e. The highest BCUT2D eigenvalue weighted by Gasteiger charge is 2.34. The SMILES string of the molecule is CCCCOc1ccc(C(=O)Nc2cccc([C@@H]3SCC(=O)N3c3ccc(C(C)C)cc3)c2)cc1.